The van der Waals surface area contributed by atoms with Gasteiger partial charge in [0.05, 0.1) is 5.56 Å². The van der Waals surface area contributed by atoms with Crippen LogP contribution in [0.1, 0.15) is 48.5 Å². The molecule has 3 rings (SSSR count). The molecule has 2 aromatic rings. The van der Waals surface area contributed by atoms with E-state index in [1.807, 2.05) is 32.9 Å². The fourth-order valence-electron chi connectivity index (χ4n) is 2.91. The summed E-state index contributed by atoms with van der Waals surface area (Å²) in [7, 11) is 0. The first-order valence-electron chi connectivity index (χ1n) is 6.52. The van der Waals surface area contributed by atoms with Crippen LogP contribution in [0.5, 0.6) is 0 Å². The predicted molar refractivity (Wildman–Crippen MR) is 78.4 cm³/mol. The fourth-order valence-corrected chi connectivity index (χ4v) is 2.91. The number of ketones is 2. The second kappa shape index (κ2) is 4.04. The second-order valence-corrected chi connectivity index (χ2v) is 5.33. The van der Waals surface area contributed by atoms with E-state index in [0.717, 1.165) is 16.7 Å². The highest BCUT2D eigenvalue weighted by molar-refractivity contribution is 6.31. The number of carbonyl (C=O) groups excluding carboxylic acids is 2. The summed E-state index contributed by atoms with van der Waals surface area (Å²) in [5, 5.41) is 0. The zero-order valence-corrected chi connectivity index (χ0v) is 11.7. The lowest BCUT2D eigenvalue weighted by molar-refractivity contribution is 0.0978. The van der Waals surface area contributed by atoms with Crippen LogP contribution in [-0.2, 0) is 0 Å². The minimum absolute atomic E-state index is 0.0967. The van der Waals surface area contributed by atoms with E-state index in [1.165, 1.54) is 0 Å². The summed E-state index contributed by atoms with van der Waals surface area (Å²) in [6.45, 7) is 5.54. The van der Waals surface area contributed by atoms with E-state index in [0.29, 0.717) is 27.9 Å². The van der Waals surface area contributed by atoms with Crippen molar-refractivity contribution in [3.8, 4) is 0 Å². The molecule has 0 aromatic heterocycles. The first-order valence-corrected chi connectivity index (χ1v) is 6.52. The highest BCUT2D eigenvalue weighted by atomic mass is 16.1. The molecule has 0 spiro atoms. The molecule has 1 aliphatic carbocycles. The maximum Gasteiger partial charge on any atom is 0.196 e. The third-order valence-corrected chi connectivity index (χ3v) is 3.98. The number of anilines is 1. The summed E-state index contributed by atoms with van der Waals surface area (Å²) in [5.74, 6) is -0.238. The van der Waals surface area contributed by atoms with Crippen LogP contribution in [-0.4, -0.2) is 11.6 Å². The Hall–Kier alpha value is -2.42. The highest BCUT2D eigenvalue weighted by Gasteiger charge is 2.34. The van der Waals surface area contributed by atoms with Gasteiger partial charge in [0.1, 0.15) is 0 Å². The smallest absolute Gasteiger partial charge is 0.196 e. The Morgan fingerprint density at radius 3 is 1.50 bits per heavy atom. The van der Waals surface area contributed by atoms with Crippen LogP contribution in [0.25, 0.3) is 0 Å². The van der Waals surface area contributed by atoms with E-state index in [9.17, 15) is 9.59 Å². The topological polar surface area (TPSA) is 60.2 Å². The number of hydrogen-bond acceptors (Lipinski definition) is 3. The van der Waals surface area contributed by atoms with E-state index in [2.05, 4.69) is 0 Å². The number of rotatable bonds is 0. The van der Waals surface area contributed by atoms with Gasteiger partial charge in [-0.05, 0) is 43.5 Å². The molecule has 0 amide bonds. The van der Waals surface area contributed by atoms with Crippen molar-refractivity contribution in [2.45, 2.75) is 20.8 Å². The van der Waals surface area contributed by atoms with Crippen LogP contribution in [0.15, 0.2) is 24.3 Å². The lowest BCUT2D eigenvalue weighted by Gasteiger charge is -2.23. The van der Waals surface area contributed by atoms with Crippen molar-refractivity contribution in [3.05, 3.63) is 63.2 Å². The minimum Gasteiger partial charge on any atom is -0.398 e. The van der Waals surface area contributed by atoms with Crippen LogP contribution in [0.2, 0.25) is 0 Å². The van der Waals surface area contributed by atoms with E-state index in [1.54, 1.807) is 12.1 Å². The maximum absolute atomic E-state index is 12.8. The van der Waals surface area contributed by atoms with Gasteiger partial charge in [0.2, 0.25) is 0 Å². The van der Waals surface area contributed by atoms with Crippen molar-refractivity contribution < 1.29 is 9.59 Å². The lowest BCUT2D eigenvalue weighted by Crippen LogP contribution is -2.25. The van der Waals surface area contributed by atoms with Crippen LogP contribution in [0.3, 0.4) is 0 Å². The standard InChI is InChI=1S/C17H15NO2/c1-8-4-5-9(2)13-12(8)16(19)14-10(3)6-7-11(18)15(14)17(13)20/h4-7H,18H2,1-3H3. The average Bonchev–Trinajstić information content (AvgIpc) is 2.41. The molecule has 0 saturated heterocycles. The lowest BCUT2D eigenvalue weighted by atomic mass is 9.78. The average molecular weight is 265 g/mol. The molecular weight excluding hydrogens is 250 g/mol. The van der Waals surface area contributed by atoms with Crippen molar-refractivity contribution in [1.82, 2.24) is 0 Å². The third kappa shape index (κ3) is 1.46. The van der Waals surface area contributed by atoms with Gasteiger partial charge in [0.25, 0.3) is 0 Å². The molecule has 20 heavy (non-hydrogen) atoms. The molecule has 0 aliphatic heterocycles. The van der Waals surface area contributed by atoms with Gasteiger partial charge in [-0.15, -0.1) is 0 Å². The largest absolute Gasteiger partial charge is 0.398 e. The van der Waals surface area contributed by atoms with Crippen LogP contribution in [0.4, 0.5) is 5.69 Å². The Morgan fingerprint density at radius 2 is 1.00 bits per heavy atom. The van der Waals surface area contributed by atoms with Crippen LogP contribution < -0.4 is 5.73 Å². The SMILES string of the molecule is Cc1ccc(C)c2c1C(=O)c1c(C)ccc(N)c1C2=O. The molecular formula is C17H15NO2. The summed E-state index contributed by atoms with van der Waals surface area (Å²) in [4.78, 5) is 25.6. The Bertz CT molecular complexity index is 659. The summed E-state index contributed by atoms with van der Waals surface area (Å²) in [6, 6.07) is 7.23. The number of nitrogens with two attached hydrogens (primary N) is 1. The number of benzene rings is 2. The fraction of sp³-hybridized carbons (Fsp3) is 0.176. The summed E-state index contributed by atoms with van der Waals surface area (Å²) in [5.41, 5.74) is 10.6. The van der Waals surface area contributed by atoms with E-state index in [4.69, 9.17) is 5.73 Å². The van der Waals surface area contributed by atoms with E-state index >= 15 is 0 Å². The normalized spacial score (nSPS) is 13.2. The van der Waals surface area contributed by atoms with Crippen molar-refractivity contribution in [2.24, 2.45) is 0 Å². The zero-order chi connectivity index (χ0) is 14.6. The highest BCUT2D eigenvalue weighted by Crippen LogP contribution is 2.35. The summed E-state index contributed by atoms with van der Waals surface area (Å²) >= 11 is 0. The number of nitrogen functional groups attached to an aromatic ring is 1. The molecule has 100 valence electrons. The number of fused-ring (bicyclic) bond motifs is 2. The number of carbonyl (C=O) groups is 2. The van der Waals surface area contributed by atoms with Crippen molar-refractivity contribution >= 4 is 17.3 Å². The van der Waals surface area contributed by atoms with Gasteiger partial charge < -0.3 is 5.73 Å². The Labute approximate surface area is 117 Å². The first kappa shape index (κ1) is 12.6. The van der Waals surface area contributed by atoms with Crippen molar-refractivity contribution in [2.75, 3.05) is 5.73 Å². The second-order valence-electron chi connectivity index (χ2n) is 5.33. The number of hydrogen-bond donors (Lipinski definition) is 1. The van der Waals surface area contributed by atoms with E-state index < -0.39 is 0 Å². The van der Waals surface area contributed by atoms with Gasteiger partial charge in [-0.2, -0.15) is 0 Å². The molecule has 0 heterocycles. The molecule has 0 atom stereocenters. The summed E-state index contributed by atoms with van der Waals surface area (Å²) < 4.78 is 0. The number of aryl methyl sites for hydroxylation is 3. The van der Waals surface area contributed by atoms with Gasteiger partial charge in [-0.1, -0.05) is 18.2 Å². The molecule has 2 N–H and O–H groups in total. The summed E-state index contributed by atoms with van der Waals surface area (Å²) in [6.07, 6.45) is 0. The van der Waals surface area contributed by atoms with Gasteiger partial charge in [-0.25, -0.2) is 0 Å². The Morgan fingerprint density at radius 1 is 0.650 bits per heavy atom. The first-order chi connectivity index (χ1) is 9.43. The third-order valence-electron chi connectivity index (χ3n) is 3.98. The monoisotopic (exact) mass is 265 g/mol. The van der Waals surface area contributed by atoms with Crippen LogP contribution in [0, 0.1) is 20.8 Å². The molecule has 0 saturated carbocycles. The van der Waals surface area contributed by atoms with Crippen LogP contribution >= 0.6 is 0 Å². The molecule has 2 aromatic carbocycles. The van der Waals surface area contributed by atoms with Gasteiger partial charge in [-0.3, -0.25) is 9.59 Å². The molecule has 1 aliphatic rings. The van der Waals surface area contributed by atoms with Gasteiger partial charge >= 0.3 is 0 Å². The molecule has 3 nitrogen and oxygen atoms in total. The Kier molecular flexibility index (Phi) is 2.54. The minimum atomic E-state index is -0.142. The van der Waals surface area contributed by atoms with Gasteiger partial charge in [0, 0.05) is 22.4 Å². The van der Waals surface area contributed by atoms with Crippen molar-refractivity contribution in [1.29, 1.82) is 0 Å². The molecule has 0 radical (unpaired) electrons. The molecule has 3 heteroatoms. The van der Waals surface area contributed by atoms with Crippen molar-refractivity contribution in [3.63, 3.8) is 0 Å². The Balaban J connectivity index is 2.46. The van der Waals surface area contributed by atoms with Gasteiger partial charge in [0.15, 0.2) is 11.6 Å². The molecule has 0 bridgehead atoms. The van der Waals surface area contributed by atoms with E-state index in [-0.39, 0.29) is 11.6 Å². The zero-order valence-electron chi connectivity index (χ0n) is 11.7. The predicted octanol–water partition coefficient (Wildman–Crippen LogP) is 2.97. The maximum atomic E-state index is 12.8. The molecule has 0 fully saturated rings. The quantitative estimate of drug-likeness (QED) is 0.636. The molecule has 0 unspecified atom stereocenters.